The summed E-state index contributed by atoms with van der Waals surface area (Å²) in [6.45, 7) is 2.38. The predicted octanol–water partition coefficient (Wildman–Crippen LogP) is 4.08. The Hall–Kier alpha value is -3.19. The van der Waals surface area contributed by atoms with Crippen LogP contribution in [0.2, 0.25) is 0 Å². The van der Waals surface area contributed by atoms with Crippen molar-refractivity contribution < 1.29 is 14.3 Å². The van der Waals surface area contributed by atoms with Gasteiger partial charge in [-0.2, -0.15) is 0 Å². The number of thiazole rings is 1. The van der Waals surface area contributed by atoms with Crippen LogP contribution in [0.1, 0.15) is 29.6 Å². The number of para-hydroxylation sites is 1. The smallest absolute Gasteiger partial charge is 0.325 e. The second-order valence-corrected chi connectivity index (χ2v) is 7.72. The van der Waals surface area contributed by atoms with Crippen LogP contribution in [0.15, 0.2) is 66.0 Å². The van der Waals surface area contributed by atoms with Gasteiger partial charge in [0.05, 0.1) is 12.2 Å². The second-order valence-electron chi connectivity index (χ2n) is 6.78. The van der Waals surface area contributed by atoms with Gasteiger partial charge in [-0.25, -0.2) is 9.78 Å². The SMILES string of the molecule is CCC1(c2ccccc2)NC(=O)N(Cc2csc(COc3ccccc3)n2)C1=O. The van der Waals surface area contributed by atoms with Gasteiger partial charge in [0.2, 0.25) is 0 Å². The van der Waals surface area contributed by atoms with Crippen LogP contribution < -0.4 is 10.1 Å². The third-order valence-corrected chi connectivity index (χ3v) is 5.87. The molecule has 1 aliphatic heterocycles. The fourth-order valence-corrected chi connectivity index (χ4v) is 4.14. The molecule has 7 heteroatoms. The molecule has 1 fully saturated rings. The third kappa shape index (κ3) is 3.73. The van der Waals surface area contributed by atoms with Gasteiger partial charge < -0.3 is 10.1 Å². The van der Waals surface area contributed by atoms with Gasteiger partial charge >= 0.3 is 6.03 Å². The zero-order valence-electron chi connectivity index (χ0n) is 16.0. The summed E-state index contributed by atoms with van der Waals surface area (Å²) in [4.78, 5) is 31.6. The molecule has 1 unspecified atom stereocenters. The van der Waals surface area contributed by atoms with Gasteiger partial charge in [-0.15, -0.1) is 11.3 Å². The van der Waals surface area contributed by atoms with Gasteiger partial charge in [0, 0.05) is 5.38 Å². The number of hydrogen-bond acceptors (Lipinski definition) is 5. The van der Waals surface area contributed by atoms with E-state index in [2.05, 4.69) is 10.3 Å². The minimum Gasteiger partial charge on any atom is -0.486 e. The summed E-state index contributed by atoms with van der Waals surface area (Å²) >= 11 is 1.45. The lowest BCUT2D eigenvalue weighted by molar-refractivity contribution is -0.132. The zero-order chi connectivity index (χ0) is 20.3. The van der Waals surface area contributed by atoms with Crippen molar-refractivity contribution in [1.29, 1.82) is 0 Å². The maximum atomic E-state index is 13.2. The van der Waals surface area contributed by atoms with E-state index in [0.717, 1.165) is 16.3 Å². The summed E-state index contributed by atoms with van der Waals surface area (Å²) in [6, 6.07) is 18.5. The molecule has 1 aromatic heterocycles. The summed E-state index contributed by atoms with van der Waals surface area (Å²) in [5.74, 6) is 0.528. The molecule has 4 rings (SSSR count). The first-order valence-corrected chi connectivity index (χ1v) is 10.3. The van der Waals surface area contributed by atoms with Crippen LogP contribution in [0.3, 0.4) is 0 Å². The number of aromatic nitrogens is 1. The van der Waals surface area contributed by atoms with Gasteiger partial charge in [0.15, 0.2) is 0 Å². The molecular weight excluding hydrogens is 386 g/mol. The lowest BCUT2D eigenvalue weighted by atomic mass is 9.87. The number of benzene rings is 2. The van der Waals surface area contributed by atoms with Gasteiger partial charge in [-0.05, 0) is 24.1 Å². The number of nitrogens with zero attached hydrogens (tertiary/aromatic N) is 2. The number of rotatable bonds is 7. The maximum Gasteiger partial charge on any atom is 0.325 e. The van der Waals surface area contributed by atoms with E-state index < -0.39 is 11.6 Å². The number of urea groups is 1. The number of carbonyl (C=O) groups is 2. The molecule has 0 aliphatic carbocycles. The van der Waals surface area contributed by atoms with E-state index in [1.807, 2.05) is 73.0 Å². The number of imide groups is 1. The van der Waals surface area contributed by atoms with E-state index in [4.69, 9.17) is 4.74 Å². The van der Waals surface area contributed by atoms with Crippen molar-refractivity contribution in [2.75, 3.05) is 0 Å². The average Bonchev–Trinajstić information content (AvgIpc) is 3.32. The van der Waals surface area contributed by atoms with Crippen LogP contribution in [-0.2, 0) is 23.5 Å². The molecule has 1 atom stereocenters. The third-order valence-electron chi connectivity index (χ3n) is 5.00. The monoisotopic (exact) mass is 407 g/mol. The molecule has 29 heavy (non-hydrogen) atoms. The van der Waals surface area contributed by atoms with Crippen LogP contribution in [0, 0.1) is 0 Å². The van der Waals surface area contributed by atoms with Crippen LogP contribution in [0.5, 0.6) is 5.75 Å². The second kappa shape index (κ2) is 8.05. The number of ether oxygens (including phenoxy) is 1. The lowest BCUT2D eigenvalue weighted by Crippen LogP contribution is -2.43. The molecular formula is C22H21N3O3S. The quantitative estimate of drug-likeness (QED) is 0.599. The first-order chi connectivity index (χ1) is 14.1. The van der Waals surface area contributed by atoms with Crippen LogP contribution in [-0.4, -0.2) is 21.8 Å². The molecule has 0 bridgehead atoms. The van der Waals surface area contributed by atoms with Gasteiger partial charge in [-0.3, -0.25) is 9.69 Å². The first-order valence-electron chi connectivity index (χ1n) is 9.43. The van der Waals surface area contributed by atoms with Gasteiger partial charge in [0.1, 0.15) is 22.9 Å². The fourth-order valence-electron chi connectivity index (χ4n) is 3.44. The van der Waals surface area contributed by atoms with Crippen molar-refractivity contribution in [2.45, 2.75) is 32.0 Å². The number of nitrogens with one attached hydrogen (secondary N) is 1. The average molecular weight is 407 g/mol. The van der Waals surface area contributed by atoms with Crippen LogP contribution in [0.4, 0.5) is 4.79 Å². The van der Waals surface area contributed by atoms with E-state index in [-0.39, 0.29) is 12.5 Å². The molecule has 0 spiro atoms. The Balaban J connectivity index is 1.46. The molecule has 3 amide bonds. The van der Waals surface area contributed by atoms with Crippen molar-refractivity contribution in [3.63, 3.8) is 0 Å². The van der Waals surface area contributed by atoms with Gasteiger partial charge in [-0.1, -0.05) is 55.5 Å². The Morgan fingerprint density at radius 1 is 1.07 bits per heavy atom. The molecule has 1 N–H and O–H groups in total. The van der Waals surface area contributed by atoms with Crippen molar-refractivity contribution >= 4 is 23.3 Å². The van der Waals surface area contributed by atoms with Crippen molar-refractivity contribution in [3.05, 3.63) is 82.3 Å². The van der Waals surface area contributed by atoms with Crippen LogP contribution in [0.25, 0.3) is 0 Å². The Morgan fingerprint density at radius 3 is 2.45 bits per heavy atom. The standard InChI is InChI=1S/C22H21N3O3S/c1-2-22(16-9-5-3-6-10-16)20(26)25(21(27)24-22)13-17-15-29-19(23-17)14-28-18-11-7-4-8-12-18/h3-12,15H,2,13-14H2,1H3,(H,24,27). The highest BCUT2D eigenvalue weighted by Crippen LogP contribution is 2.33. The number of carbonyl (C=O) groups excluding carboxylic acids is 2. The zero-order valence-corrected chi connectivity index (χ0v) is 16.8. The molecule has 6 nitrogen and oxygen atoms in total. The highest BCUT2D eigenvalue weighted by atomic mass is 32.1. The van der Waals surface area contributed by atoms with Crippen LogP contribution >= 0.6 is 11.3 Å². The topological polar surface area (TPSA) is 71.5 Å². The van der Waals surface area contributed by atoms with Crippen molar-refractivity contribution in [3.8, 4) is 5.75 Å². The largest absolute Gasteiger partial charge is 0.486 e. The summed E-state index contributed by atoms with van der Waals surface area (Å²) in [6.07, 6.45) is 0.477. The summed E-state index contributed by atoms with van der Waals surface area (Å²) in [5.41, 5.74) is 0.442. The predicted molar refractivity (Wildman–Crippen MR) is 110 cm³/mol. The molecule has 1 saturated heterocycles. The van der Waals surface area contributed by atoms with Crippen molar-refractivity contribution in [1.82, 2.24) is 15.2 Å². The Kier molecular flexibility index (Phi) is 5.31. The minimum atomic E-state index is -1.02. The highest BCUT2D eigenvalue weighted by molar-refractivity contribution is 7.09. The molecule has 1 aliphatic rings. The molecule has 2 heterocycles. The Labute approximate surface area is 173 Å². The molecule has 0 saturated carbocycles. The molecule has 148 valence electrons. The minimum absolute atomic E-state index is 0.140. The van der Waals surface area contributed by atoms with E-state index >= 15 is 0 Å². The number of hydrogen-bond donors (Lipinski definition) is 1. The Bertz CT molecular complexity index is 1010. The summed E-state index contributed by atoms with van der Waals surface area (Å²) in [7, 11) is 0. The van der Waals surface area contributed by atoms with E-state index in [1.54, 1.807) is 0 Å². The molecule has 2 aromatic carbocycles. The van der Waals surface area contributed by atoms with E-state index in [0.29, 0.717) is 18.7 Å². The molecule has 0 radical (unpaired) electrons. The summed E-state index contributed by atoms with van der Waals surface area (Å²) < 4.78 is 5.71. The van der Waals surface area contributed by atoms with E-state index in [9.17, 15) is 9.59 Å². The van der Waals surface area contributed by atoms with E-state index in [1.165, 1.54) is 16.2 Å². The lowest BCUT2D eigenvalue weighted by Gasteiger charge is -2.25. The number of amides is 3. The Morgan fingerprint density at radius 2 is 1.76 bits per heavy atom. The fraction of sp³-hybridized carbons (Fsp3) is 0.227. The van der Waals surface area contributed by atoms with Crippen molar-refractivity contribution in [2.24, 2.45) is 0 Å². The van der Waals surface area contributed by atoms with Gasteiger partial charge in [0.25, 0.3) is 5.91 Å². The maximum absolute atomic E-state index is 13.2. The normalized spacial score (nSPS) is 18.7. The first kappa shape index (κ1) is 19.1. The highest BCUT2D eigenvalue weighted by Gasteiger charge is 2.51. The summed E-state index contributed by atoms with van der Waals surface area (Å²) in [5, 5.41) is 5.55. The molecule has 3 aromatic rings.